The van der Waals surface area contributed by atoms with E-state index in [4.69, 9.17) is 0 Å². The molecule has 2 aromatic rings. The van der Waals surface area contributed by atoms with Crippen molar-refractivity contribution in [1.29, 1.82) is 0 Å². The Morgan fingerprint density at radius 2 is 2.17 bits per heavy atom. The molecule has 2 aromatic heterocycles. The highest BCUT2D eigenvalue weighted by molar-refractivity contribution is 5.00. The van der Waals surface area contributed by atoms with Gasteiger partial charge in [-0.1, -0.05) is 6.92 Å². The highest BCUT2D eigenvalue weighted by Crippen LogP contribution is 1.99. The van der Waals surface area contributed by atoms with Crippen LogP contribution in [0.15, 0.2) is 24.7 Å². The van der Waals surface area contributed by atoms with Gasteiger partial charge in [-0.05, 0) is 25.0 Å². The van der Waals surface area contributed by atoms with Crippen molar-refractivity contribution in [3.05, 3.63) is 35.9 Å². The fourth-order valence-electron chi connectivity index (χ4n) is 1.92. The van der Waals surface area contributed by atoms with E-state index < -0.39 is 0 Å². The molecule has 0 atom stereocenters. The minimum atomic E-state index is 0.861. The Morgan fingerprint density at radius 1 is 1.28 bits per heavy atom. The van der Waals surface area contributed by atoms with E-state index in [1.165, 1.54) is 11.3 Å². The molecule has 0 spiro atoms. The molecule has 0 fully saturated rings. The maximum absolute atomic E-state index is 4.31. The van der Waals surface area contributed by atoms with Crippen molar-refractivity contribution >= 4 is 0 Å². The molecule has 0 radical (unpaired) electrons. The summed E-state index contributed by atoms with van der Waals surface area (Å²) >= 11 is 0. The minimum absolute atomic E-state index is 0.861. The molecular weight excluding hydrogens is 226 g/mol. The average molecular weight is 247 g/mol. The third-order valence-corrected chi connectivity index (χ3v) is 2.83. The molecule has 0 aliphatic rings. The average Bonchev–Trinajstić information content (AvgIpc) is 2.95. The molecule has 0 bridgehead atoms. The number of aryl methyl sites for hydroxylation is 2. The number of hydrogen-bond acceptors (Lipinski definition) is 3. The highest BCUT2D eigenvalue weighted by atomic mass is 15.3. The van der Waals surface area contributed by atoms with Gasteiger partial charge in [-0.15, -0.1) is 0 Å². The minimum Gasteiger partial charge on any atom is -0.309 e. The van der Waals surface area contributed by atoms with E-state index in [9.17, 15) is 0 Å². The van der Waals surface area contributed by atoms with Crippen LogP contribution in [0.25, 0.3) is 0 Å². The normalized spacial score (nSPS) is 11.0. The van der Waals surface area contributed by atoms with Crippen LogP contribution in [0.5, 0.6) is 0 Å². The summed E-state index contributed by atoms with van der Waals surface area (Å²) in [5.74, 6) is 0. The molecular formula is C13H21N5. The summed E-state index contributed by atoms with van der Waals surface area (Å²) in [7, 11) is 0. The fourth-order valence-corrected chi connectivity index (χ4v) is 1.92. The summed E-state index contributed by atoms with van der Waals surface area (Å²) in [4.78, 5) is 0. The quantitative estimate of drug-likeness (QED) is 0.756. The van der Waals surface area contributed by atoms with Gasteiger partial charge in [0, 0.05) is 32.0 Å². The van der Waals surface area contributed by atoms with E-state index in [2.05, 4.69) is 46.3 Å². The predicted octanol–water partition coefficient (Wildman–Crippen LogP) is 1.59. The molecule has 0 saturated carbocycles. The first-order valence-electron chi connectivity index (χ1n) is 6.50. The van der Waals surface area contributed by atoms with E-state index in [0.29, 0.717) is 0 Å². The maximum atomic E-state index is 4.31. The predicted molar refractivity (Wildman–Crippen MR) is 71.2 cm³/mol. The van der Waals surface area contributed by atoms with Crippen LogP contribution < -0.4 is 5.32 Å². The summed E-state index contributed by atoms with van der Waals surface area (Å²) in [6, 6.07) is 2.07. The summed E-state index contributed by atoms with van der Waals surface area (Å²) in [5.41, 5.74) is 2.45. The first-order valence-corrected chi connectivity index (χ1v) is 6.50. The summed E-state index contributed by atoms with van der Waals surface area (Å²) < 4.78 is 4.02. The van der Waals surface area contributed by atoms with Gasteiger partial charge in [-0.25, -0.2) is 0 Å². The molecule has 2 rings (SSSR count). The highest BCUT2D eigenvalue weighted by Gasteiger charge is 2.00. The van der Waals surface area contributed by atoms with Gasteiger partial charge in [0.1, 0.15) is 0 Å². The Bertz CT molecular complexity index is 471. The third-order valence-electron chi connectivity index (χ3n) is 2.83. The van der Waals surface area contributed by atoms with Crippen LogP contribution >= 0.6 is 0 Å². The number of aromatic nitrogens is 4. The molecule has 98 valence electrons. The molecule has 0 amide bonds. The Morgan fingerprint density at radius 3 is 2.89 bits per heavy atom. The zero-order chi connectivity index (χ0) is 12.8. The van der Waals surface area contributed by atoms with Crippen molar-refractivity contribution in [2.75, 3.05) is 6.54 Å². The topological polar surface area (TPSA) is 47.7 Å². The monoisotopic (exact) mass is 247 g/mol. The molecule has 2 heterocycles. The van der Waals surface area contributed by atoms with Crippen LogP contribution in [0.2, 0.25) is 0 Å². The Kier molecular flexibility index (Phi) is 4.52. The van der Waals surface area contributed by atoms with Crippen molar-refractivity contribution < 1.29 is 0 Å². The van der Waals surface area contributed by atoms with Crippen molar-refractivity contribution in [1.82, 2.24) is 24.9 Å². The Balaban J connectivity index is 1.73. The van der Waals surface area contributed by atoms with Crippen LogP contribution in [0.4, 0.5) is 0 Å². The first-order chi connectivity index (χ1) is 8.79. The lowest BCUT2D eigenvalue weighted by Gasteiger charge is -2.07. The molecule has 0 aromatic carbocycles. The second-order valence-electron chi connectivity index (χ2n) is 4.50. The second kappa shape index (κ2) is 6.35. The molecule has 0 saturated heterocycles. The van der Waals surface area contributed by atoms with Crippen molar-refractivity contribution in [2.24, 2.45) is 0 Å². The molecule has 0 aliphatic heterocycles. The van der Waals surface area contributed by atoms with Crippen LogP contribution in [0, 0.1) is 6.92 Å². The van der Waals surface area contributed by atoms with Crippen molar-refractivity contribution in [3.63, 3.8) is 0 Å². The third kappa shape index (κ3) is 3.43. The smallest absolute Gasteiger partial charge is 0.0534 e. The zero-order valence-electron chi connectivity index (χ0n) is 11.1. The van der Waals surface area contributed by atoms with Crippen molar-refractivity contribution in [3.8, 4) is 0 Å². The molecule has 5 nitrogen and oxygen atoms in total. The van der Waals surface area contributed by atoms with Gasteiger partial charge in [0.15, 0.2) is 0 Å². The van der Waals surface area contributed by atoms with Gasteiger partial charge >= 0.3 is 0 Å². The maximum Gasteiger partial charge on any atom is 0.0534 e. The zero-order valence-corrected chi connectivity index (χ0v) is 11.1. The molecule has 0 unspecified atom stereocenters. The summed E-state index contributed by atoms with van der Waals surface area (Å²) in [6.45, 7) is 7.88. The van der Waals surface area contributed by atoms with Crippen LogP contribution in [-0.4, -0.2) is 26.1 Å². The van der Waals surface area contributed by atoms with E-state index in [1.807, 2.05) is 17.1 Å². The first kappa shape index (κ1) is 12.8. The van der Waals surface area contributed by atoms with E-state index in [1.54, 1.807) is 0 Å². The number of hydrogen-bond donors (Lipinski definition) is 1. The lowest BCUT2D eigenvalue weighted by Crippen LogP contribution is -2.21. The van der Waals surface area contributed by atoms with E-state index in [-0.39, 0.29) is 0 Å². The molecule has 18 heavy (non-hydrogen) atoms. The molecule has 5 heteroatoms. The Labute approximate surface area is 108 Å². The molecule has 0 aliphatic carbocycles. The van der Waals surface area contributed by atoms with E-state index >= 15 is 0 Å². The summed E-state index contributed by atoms with van der Waals surface area (Å²) in [6.07, 6.45) is 6.92. The lowest BCUT2D eigenvalue weighted by molar-refractivity contribution is 0.520. The fraction of sp³-hybridized carbons (Fsp3) is 0.538. The van der Waals surface area contributed by atoms with Crippen LogP contribution in [0.3, 0.4) is 0 Å². The largest absolute Gasteiger partial charge is 0.309 e. The van der Waals surface area contributed by atoms with Gasteiger partial charge in [0.2, 0.25) is 0 Å². The standard InChI is InChI=1S/C13H21N5/c1-3-7-18-13(4-5-15-18)10-14-6-8-17-11-12(2)9-16-17/h4-5,9,11,14H,3,6-8,10H2,1-2H3. The number of rotatable bonds is 7. The molecule has 1 N–H and O–H groups in total. The van der Waals surface area contributed by atoms with Gasteiger partial charge in [-0.3, -0.25) is 9.36 Å². The van der Waals surface area contributed by atoms with Gasteiger partial charge < -0.3 is 5.32 Å². The van der Waals surface area contributed by atoms with E-state index in [0.717, 1.165) is 32.6 Å². The van der Waals surface area contributed by atoms with Gasteiger partial charge in [0.25, 0.3) is 0 Å². The lowest BCUT2D eigenvalue weighted by atomic mass is 10.4. The summed E-state index contributed by atoms with van der Waals surface area (Å²) in [5, 5.41) is 12.0. The van der Waals surface area contributed by atoms with Crippen molar-refractivity contribution in [2.45, 2.75) is 39.9 Å². The van der Waals surface area contributed by atoms with Gasteiger partial charge in [0.05, 0.1) is 18.4 Å². The van der Waals surface area contributed by atoms with Gasteiger partial charge in [-0.2, -0.15) is 10.2 Å². The number of nitrogens with zero attached hydrogens (tertiary/aromatic N) is 4. The number of nitrogens with one attached hydrogen (secondary N) is 1. The van der Waals surface area contributed by atoms with Crippen LogP contribution in [-0.2, 0) is 19.6 Å². The van der Waals surface area contributed by atoms with Crippen LogP contribution in [0.1, 0.15) is 24.6 Å². The SMILES string of the molecule is CCCn1nccc1CNCCn1cc(C)cn1. The Hall–Kier alpha value is -1.62. The second-order valence-corrected chi connectivity index (χ2v) is 4.50.